The molecule has 106 valence electrons. The Morgan fingerprint density at radius 1 is 1.32 bits per heavy atom. The largest absolute Gasteiger partial charge is 0.345 e. The number of hydrogen-bond donors (Lipinski definition) is 1. The van der Waals surface area contributed by atoms with Gasteiger partial charge in [0.25, 0.3) is 0 Å². The van der Waals surface area contributed by atoms with E-state index in [-0.39, 0.29) is 18.0 Å². The predicted octanol–water partition coefficient (Wildman–Crippen LogP) is 2.82. The number of aryl methyl sites for hydroxylation is 2. The summed E-state index contributed by atoms with van der Waals surface area (Å²) in [7, 11) is 1.84. The van der Waals surface area contributed by atoms with E-state index in [2.05, 4.69) is 44.3 Å². The Bertz CT molecular complexity index is 442. The molecule has 0 fully saturated rings. The zero-order valence-electron chi connectivity index (χ0n) is 12.9. The summed E-state index contributed by atoms with van der Waals surface area (Å²) in [5, 5.41) is 3.38. The van der Waals surface area contributed by atoms with Crippen LogP contribution in [0.1, 0.15) is 43.5 Å². The Kier molecular flexibility index (Phi) is 5.55. The molecule has 1 amide bonds. The highest BCUT2D eigenvalue weighted by Crippen LogP contribution is 2.19. The normalized spacial score (nSPS) is 14.0. The zero-order chi connectivity index (χ0) is 14.6. The number of nitrogens with zero attached hydrogens (tertiary/aromatic N) is 1. The van der Waals surface area contributed by atoms with E-state index in [0.717, 1.165) is 6.54 Å². The van der Waals surface area contributed by atoms with E-state index in [4.69, 9.17) is 0 Å². The molecule has 1 N–H and O–H groups in total. The molecule has 19 heavy (non-hydrogen) atoms. The number of benzene rings is 1. The molecule has 0 aromatic heterocycles. The van der Waals surface area contributed by atoms with Crippen molar-refractivity contribution in [2.45, 2.75) is 46.7 Å². The van der Waals surface area contributed by atoms with Gasteiger partial charge in [0.1, 0.15) is 0 Å². The van der Waals surface area contributed by atoms with Crippen molar-refractivity contribution >= 4 is 5.91 Å². The van der Waals surface area contributed by atoms with Gasteiger partial charge in [0.15, 0.2) is 0 Å². The maximum atomic E-state index is 12.0. The standard InChI is InChI=1S/C16H26N2O/c1-7-18(6)16(19)14(5)17-13(4)15-9-8-11(2)10-12(15)3/h8-10,13-14,17H,7H2,1-6H3. The molecule has 0 aliphatic rings. The van der Waals surface area contributed by atoms with E-state index in [1.54, 1.807) is 4.90 Å². The summed E-state index contributed by atoms with van der Waals surface area (Å²) in [5.41, 5.74) is 3.79. The van der Waals surface area contributed by atoms with Crippen molar-refractivity contribution in [3.05, 3.63) is 34.9 Å². The maximum Gasteiger partial charge on any atom is 0.239 e. The average molecular weight is 262 g/mol. The maximum absolute atomic E-state index is 12.0. The van der Waals surface area contributed by atoms with Crippen molar-refractivity contribution < 1.29 is 4.79 Å². The van der Waals surface area contributed by atoms with E-state index in [1.165, 1.54) is 16.7 Å². The van der Waals surface area contributed by atoms with E-state index in [0.29, 0.717) is 0 Å². The summed E-state index contributed by atoms with van der Waals surface area (Å²) in [4.78, 5) is 13.8. The number of nitrogens with one attached hydrogen (secondary N) is 1. The van der Waals surface area contributed by atoms with Crippen molar-refractivity contribution in [1.29, 1.82) is 0 Å². The second-order valence-electron chi connectivity index (χ2n) is 5.32. The molecule has 0 saturated heterocycles. The summed E-state index contributed by atoms with van der Waals surface area (Å²) in [5.74, 6) is 0.138. The summed E-state index contributed by atoms with van der Waals surface area (Å²) in [6, 6.07) is 6.44. The highest BCUT2D eigenvalue weighted by Gasteiger charge is 2.19. The highest BCUT2D eigenvalue weighted by molar-refractivity contribution is 5.81. The van der Waals surface area contributed by atoms with Gasteiger partial charge >= 0.3 is 0 Å². The van der Waals surface area contributed by atoms with Crippen LogP contribution in [0.25, 0.3) is 0 Å². The molecule has 2 unspecified atom stereocenters. The molecule has 0 aliphatic carbocycles. The summed E-state index contributed by atoms with van der Waals surface area (Å²) < 4.78 is 0. The molecule has 3 heteroatoms. The van der Waals surface area contributed by atoms with Gasteiger partial charge < -0.3 is 4.90 Å². The first-order valence-electron chi connectivity index (χ1n) is 6.95. The number of carbonyl (C=O) groups is 1. The van der Waals surface area contributed by atoms with E-state index >= 15 is 0 Å². The van der Waals surface area contributed by atoms with Gasteiger partial charge in [-0.25, -0.2) is 0 Å². The molecule has 1 aromatic carbocycles. The Morgan fingerprint density at radius 3 is 2.47 bits per heavy atom. The van der Waals surface area contributed by atoms with Crippen LogP contribution in [0.4, 0.5) is 0 Å². The van der Waals surface area contributed by atoms with Crippen LogP contribution in [0.15, 0.2) is 18.2 Å². The Morgan fingerprint density at radius 2 is 1.95 bits per heavy atom. The van der Waals surface area contributed by atoms with Gasteiger partial charge in [-0.05, 0) is 45.7 Å². The molecular formula is C16H26N2O. The van der Waals surface area contributed by atoms with Crippen LogP contribution in [0.3, 0.4) is 0 Å². The number of hydrogen-bond acceptors (Lipinski definition) is 2. The summed E-state index contributed by atoms with van der Waals surface area (Å²) in [6.07, 6.45) is 0. The fraction of sp³-hybridized carbons (Fsp3) is 0.562. The van der Waals surface area contributed by atoms with Crippen molar-refractivity contribution in [2.75, 3.05) is 13.6 Å². The predicted molar refractivity (Wildman–Crippen MR) is 80.2 cm³/mol. The second-order valence-corrected chi connectivity index (χ2v) is 5.32. The van der Waals surface area contributed by atoms with Crippen molar-refractivity contribution in [3.63, 3.8) is 0 Å². The molecule has 0 heterocycles. The van der Waals surface area contributed by atoms with E-state index in [1.807, 2.05) is 20.9 Å². The quantitative estimate of drug-likeness (QED) is 0.885. The SMILES string of the molecule is CCN(C)C(=O)C(C)NC(C)c1ccc(C)cc1C. The van der Waals surface area contributed by atoms with Gasteiger partial charge in [-0.2, -0.15) is 0 Å². The molecule has 0 aliphatic heterocycles. The molecule has 0 radical (unpaired) electrons. The minimum atomic E-state index is -0.166. The lowest BCUT2D eigenvalue weighted by Gasteiger charge is -2.25. The minimum Gasteiger partial charge on any atom is -0.345 e. The van der Waals surface area contributed by atoms with Gasteiger partial charge in [0.2, 0.25) is 5.91 Å². The zero-order valence-corrected chi connectivity index (χ0v) is 12.9. The molecule has 3 nitrogen and oxygen atoms in total. The van der Waals surface area contributed by atoms with Gasteiger partial charge in [-0.3, -0.25) is 10.1 Å². The Labute approximate surface area is 117 Å². The van der Waals surface area contributed by atoms with Gasteiger partial charge in [-0.1, -0.05) is 23.8 Å². The number of rotatable bonds is 5. The first kappa shape index (κ1) is 15.7. The summed E-state index contributed by atoms with van der Waals surface area (Å²) >= 11 is 0. The van der Waals surface area contributed by atoms with Gasteiger partial charge in [0, 0.05) is 19.6 Å². The molecular weight excluding hydrogens is 236 g/mol. The smallest absolute Gasteiger partial charge is 0.239 e. The lowest BCUT2D eigenvalue weighted by molar-refractivity contribution is -0.131. The molecule has 1 rings (SSSR count). The van der Waals surface area contributed by atoms with Crippen LogP contribution in [-0.2, 0) is 4.79 Å². The van der Waals surface area contributed by atoms with Crippen molar-refractivity contribution in [2.24, 2.45) is 0 Å². The van der Waals surface area contributed by atoms with Gasteiger partial charge in [0.05, 0.1) is 6.04 Å². The number of carbonyl (C=O) groups excluding carboxylic acids is 1. The third-order valence-corrected chi connectivity index (χ3v) is 3.61. The molecule has 1 aromatic rings. The topological polar surface area (TPSA) is 32.3 Å². The molecule has 2 atom stereocenters. The fourth-order valence-corrected chi connectivity index (χ4v) is 2.33. The molecule has 0 spiro atoms. The lowest BCUT2D eigenvalue weighted by Crippen LogP contribution is -2.44. The first-order valence-corrected chi connectivity index (χ1v) is 6.95. The number of likely N-dealkylation sites (N-methyl/N-ethyl adjacent to an activating group) is 1. The van der Waals surface area contributed by atoms with Crippen LogP contribution in [0, 0.1) is 13.8 Å². The van der Waals surface area contributed by atoms with Crippen LogP contribution < -0.4 is 5.32 Å². The van der Waals surface area contributed by atoms with Crippen LogP contribution in [-0.4, -0.2) is 30.4 Å². The Balaban J connectivity index is 2.74. The van der Waals surface area contributed by atoms with Crippen LogP contribution in [0.5, 0.6) is 0 Å². The third-order valence-electron chi connectivity index (χ3n) is 3.61. The molecule has 0 saturated carbocycles. The van der Waals surface area contributed by atoms with E-state index in [9.17, 15) is 4.79 Å². The lowest BCUT2D eigenvalue weighted by atomic mass is 9.99. The van der Waals surface area contributed by atoms with Crippen LogP contribution >= 0.6 is 0 Å². The second kappa shape index (κ2) is 6.71. The third kappa shape index (κ3) is 4.06. The summed E-state index contributed by atoms with van der Waals surface area (Å²) in [6.45, 7) is 11.0. The van der Waals surface area contributed by atoms with Gasteiger partial charge in [-0.15, -0.1) is 0 Å². The number of amides is 1. The van der Waals surface area contributed by atoms with Crippen molar-refractivity contribution in [3.8, 4) is 0 Å². The monoisotopic (exact) mass is 262 g/mol. The van der Waals surface area contributed by atoms with E-state index < -0.39 is 0 Å². The van der Waals surface area contributed by atoms with Crippen molar-refractivity contribution in [1.82, 2.24) is 10.2 Å². The highest BCUT2D eigenvalue weighted by atomic mass is 16.2. The fourth-order valence-electron chi connectivity index (χ4n) is 2.33. The first-order chi connectivity index (χ1) is 8.86. The Hall–Kier alpha value is -1.35. The van der Waals surface area contributed by atoms with Crippen LogP contribution in [0.2, 0.25) is 0 Å². The minimum absolute atomic E-state index is 0.138. The average Bonchev–Trinajstić information content (AvgIpc) is 2.36. The molecule has 0 bridgehead atoms.